The molecule has 0 saturated heterocycles. The van der Waals surface area contributed by atoms with E-state index in [9.17, 15) is 4.79 Å². The number of rotatable bonds is 3. The van der Waals surface area contributed by atoms with E-state index >= 15 is 0 Å². The molecule has 0 radical (unpaired) electrons. The first-order valence-corrected chi connectivity index (χ1v) is 6.34. The van der Waals surface area contributed by atoms with E-state index in [2.05, 4.69) is 37.3 Å². The van der Waals surface area contributed by atoms with Crippen molar-refractivity contribution in [2.75, 3.05) is 5.32 Å². The molecule has 0 spiro atoms. The van der Waals surface area contributed by atoms with Gasteiger partial charge in [0.1, 0.15) is 6.07 Å². The van der Waals surface area contributed by atoms with Gasteiger partial charge in [-0.25, -0.2) is 14.8 Å². The minimum Gasteiger partial charge on any atom is -0.478 e. The first kappa shape index (κ1) is 14.0. The fourth-order valence-electron chi connectivity index (χ4n) is 1.58. The highest BCUT2D eigenvalue weighted by Gasteiger charge is 2.11. The first-order valence-electron chi connectivity index (χ1n) is 5.55. The summed E-state index contributed by atoms with van der Waals surface area (Å²) in [5.74, 6) is -0.837. The number of hydrogen-bond donors (Lipinski definition) is 2. The normalized spacial score (nSPS) is 9.85. The van der Waals surface area contributed by atoms with Crippen molar-refractivity contribution in [3.8, 4) is 6.07 Å². The number of carboxylic acid groups (broad SMARTS) is 1. The van der Waals surface area contributed by atoms with Gasteiger partial charge >= 0.3 is 5.97 Å². The number of benzene rings is 1. The molecule has 0 atom stereocenters. The van der Waals surface area contributed by atoms with Gasteiger partial charge in [0, 0.05) is 10.7 Å². The molecule has 1 aromatic heterocycles. The number of aryl methyl sites for hydroxylation is 1. The third-order valence-electron chi connectivity index (χ3n) is 2.56. The maximum atomic E-state index is 10.9. The largest absolute Gasteiger partial charge is 0.478 e. The van der Waals surface area contributed by atoms with Crippen LogP contribution in [-0.2, 0) is 0 Å². The van der Waals surface area contributed by atoms with E-state index in [0.29, 0.717) is 16.9 Å². The van der Waals surface area contributed by atoms with Gasteiger partial charge in [-0.15, -0.1) is 0 Å². The average Bonchev–Trinajstić information content (AvgIpc) is 2.38. The fraction of sp³-hybridized carbons (Fsp3) is 0.0769. The van der Waals surface area contributed by atoms with E-state index in [1.54, 1.807) is 25.1 Å². The Balaban J connectivity index is 2.36. The van der Waals surface area contributed by atoms with E-state index in [1.165, 1.54) is 6.20 Å². The highest BCUT2D eigenvalue weighted by molar-refractivity contribution is 9.10. The van der Waals surface area contributed by atoms with Crippen LogP contribution in [0.5, 0.6) is 0 Å². The number of hydrogen-bond acceptors (Lipinski definition) is 5. The molecule has 0 fully saturated rings. The molecule has 100 valence electrons. The van der Waals surface area contributed by atoms with Gasteiger partial charge in [0.15, 0.2) is 0 Å². The molecule has 2 N–H and O–H groups in total. The maximum Gasteiger partial charge on any atom is 0.339 e. The number of nitrogens with one attached hydrogen (secondary N) is 1. The molecule has 7 heteroatoms. The molecule has 1 aromatic carbocycles. The van der Waals surface area contributed by atoms with E-state index < -0.39 is 5.97 Å². The van der Waals surface area contributed by atoms with Gasteiger partial charge in [0.05, 0.1) is 22.5 Å². The van der Waals surface area contributed by atoms with Crippen molar-refractivity contribution in [2.45, 2.75) is 6.92 Å². The van der Waals surface area contributed by atoms with Crippen molar-refractivity contribution < 1.29 is 9.90 Å². The zero-order valence-corrected chi connectivity index (χ0v) is 12.0. The van der Waals surface area contributed by atoms with Crippen LogP contribution in [0.1, 0.15) is 21.6 Å². The molecule has 2 rings (SSSR count). The number of carboxylic acids is 1. The number of anilines is 2. The summed E-state index contributed by atoms with van der Waals surface area (Å²) in [6, 6.07) is 7.19. The number of carbonyl (C=O) groups is 1. The van der Waals surface area contributed by atoms with Crippen LogP contribution in [-0.4, -0.2) is 21.0 Å². The molecule has 0 aliphatic rings. The second-order valence-electron chi connectivity index (χ2n) is 3.92. The van der Waals surface area contributed by atoms with Gasteiger partial charge in [-0.05, 0) is 25.1 Å². The predicted molar refractivity (Wildman–Crippen MR) is 75.9 cm³/mol. The van der Waals surface area contributed by atoms with E-state index in [0.717, 1.165) is 4.47 Å². The molecule has 0 amide bonds. The van der Waals surface area contributed by atoms with Gasteiger partial charge in [0.25, 0.3) is 0 Å². The lowest BCUT2D eigenvalue weighted by Gasteiger charge is -2.08. The smallest absolute Gasteiger partial charge is 0.339 e. The summed E-state index contributed by atoms with van der Waals surface area (Å²) in [6.07, 6.45) is 1.23. The number of nitrogens with zero attached hydrogens (tertiary/aromatic N) is 3. The molecule has 0 bridgehead atoms. The molecule has 6 nitrogen and oxygen atoms in total. The number of halogens is 1. The van der Waals surface area contributed by atoms with Gasteiger partial charge in [-0.3, -0.25) is 0 Å². The standard InChI is InChI=1S/C13H9BrN4O2/c1-7-10(12(19)20)6-16-13(17-7)18-11-4-9(14)3-2-8(11)5-15/h2-4,6H,1H3,(H,19,20)(H,16,17,18). The molecule has 2 aromatic rings. The third kappa shape index (κ3) is 2.92. The van der Waals surface area contributed by atoms with Crippen molar-refractivity contribution in [3.63, 3.8) is 0 Å². The Morgan fingerprint density at radius 1 is 1.50 bits per heavy atom. The molecule has 0 aliphatic heterocycles. The molecule has 0 aliphatic carbocycles. The van der Waals surface area contributed by atoms with Crippen molar-refractivity contribution in [3.05, 3.63) is 45.7 Å². The predicted octanol–water partition coefficient (Wildman–Crippen LogP) is 2.86. The Kier molecular flexibility index (Phi) is 3.96. The van der Waals surface area contributed by atoms with Crippen LogP contribution in [0.25, 0.3) is 0 Å². The molecule has 20 heavy (non-hydrogen) atoms. The molecular formula is C13H9BrN4O2. The van der Waals surface area contributed by atoms with Gasteiger partial charge in [-0.2, -0.15) is 5.26 Å². The van der Waals surface area contributed by atoms with Crippen molar-refractivity contribution in [2.24, 2.45) is 0 Å². The van der Waals surface area contributed by atoms with Crippen molar-refractivity contribution in [1.82, 2.24) is 9.97 Å². The van der Waals surface area contributed by atoms with Crippen LogP contribution in [0.3, 0.4) is 0 Å². The zero-order chi connectivity index (χ0) is 14.7. The summed E-state index contributed by atoms with van der Waals surface area (Å²) < 4.78 is 0.804. The Bertz CT molecular complexity index is 725. The van der Waals surface area contributed by atoms with Crippen LogP contribution in [0.2, 0.25) is 0 Å². The Morgan fingerprint density at radius 2 is 2.25 bits per heavy atom. The van der Waals surface area contributed by atoms with Crippen molar-refractivity contribution >= 4 is 33.5 Å². The summed E-state index contributed by atoms with van der Waals surface area (Å²) in [7, 11) is 0. The summed E-state index contributed by atoms with van der Waals surface area (Å²) >= 11 is 3.32. The Labute approximate surface area is 123 Å². The number of nitriles is 1. The Morgan fingerprint density at radius 3 is 2.85 bits per heavy atom. The van der Waals surface area contributed by atoms with Gasteiger partial charge in [-0.1, -0.05) is 15.9 Å². The second kappa shape index (κ2) is 5.67. The van der Waals surface area contributed by atoms with Crippen LogP contribution < -0.4 is 5.32 Å². The number of aromatic nitrogens is 2. The quantitative estimate of drug-likeness (QED) is 0.896. The third-order valence-corrected chi connectivity index (χ3v) is 3.05. The van der Waals surface area contributed by atoms with E-state index in [4.69, 9.17) is 10.4 Å². The summed E-state index contributed by atoms with van der Waals surface area (Å²) in [5, 5.41) is 20.9. The SMILES string of the molecule is Cc1nc(Nc2cc(Br)ccc2C#N)ncc1C(=O)O. The molecule has 1 heterocycles. The minimum atomic E-state index is -1.07. The molecular weight excluding hydrogens is 324 g/mol. The summed E-state index contributed by atoms with van der Waals surface area (Å²) in [6.45, 7) is 1.59. The lowest BCUT2D eigenvalue weighted by Crippen LogP contribution is -2.06. The lowest BCUT2D eigenvalue weighted by molar-refractivity contribution is 0.0695. The average molecular weight is 333 g/mol. The topological polar surface area (TPSA) is 98.9 Å². The summed E-state index contributed by atoms with van der Waals surface area (Å²) in [5.41, 5.74) is 1.38. The van der Waals surface area contributed by atoms with E-state index in [-0.39, 0.29) is 11.5 Å². The highest BCUT2D eigenvalue weighted by atomic mass is 79.9. The van der Waals surface area contributed by atoms with Crippen LogP contribution >= 0.6 is 15.9 Å². The van der Waals surface area contributed by atoms with Crippen LogP contribution in [0.15, 0.2) is 28.9 Å². The van der Waals surface area contributed by atoms with Gasteiger partial charge < -0.3 is 10.4 Å². The van der Waals surface area contributed by atoms with Crippen molar-refractivity contribution in [1.29, 1.82) is 5.26 Å². The second-order valence-corrected chi connectivity index (χ2v) is 4.84. The first-order chi connectivity index (χ1) is 9.51. The fourth-order valence-corrected chi connectivity index (χ4v) is 1.94. The maximum absolute atomic E-state index is 10.9. The summed E-state index contributed by atoms with van der Waals surface area (Å²) in [4.78, 5) is 18.9. The minimum absolute atomic E-state index is 0.0466. The highest BCUT2D eigenvalue weighted by Crippen LogP contribution is 2.23. The zero-order valence-electron chi connectivity index (χ0n) is 10.4. The van der Waals surface area contributed by atoms with E-state index in [1.807, 2.05) is 0 Å². The Hall–Kier alpha value is -2.46. The van der Waals surface area contributed by atoms with Crippen LogP contribution in [0.4, 0.5) is 11.6 Å². The molecule has 0 unspecified atom stereocenters. The number of aromatic carboxylic acids is 1. The van der Waals surface area contributed by atoms with Crippen LogP contribution in [0, 0.1) is 18.3 Å². The lowest BCUT2D eigenvalue weighted by atomic mass is 10.2. The monoisotopic (exact) mass is 332 g/mol. The molecule has 0 saturated carbocycles. The van der Waals surface area contributed by atoms with Gasteiger partial charge in [0.2, 0.25) is 5.95 Å².